The second-order valence-corrected chi connectivity index (χ2v) is 8.66. The van der Waals surface area contributed by atoms with Gasteiger partial charge in [0.2, 0.25) is 5.91 Å². The van der Waals surface area contributed by atoms with E-state index in [1.54, 1.807) is 30.3 Å². The summed E-state index contributed by atoms with van der Waals surface area (Å²) in [7, 11) is 0. The summed E-state index contributed by atoms with van der Waals surface area (Å²) in [5.74, 6) is 0.889. The van der Waals surface area contributed by atoms with Gasteiger partial charge in [-0.2, -0.15) is 13.2 Å². The Morgan fingerprint density at radius 2 is 1.72 bits per heavy atom. The lowest BCUT2D eigenvalue weighted by molar-refractivity contribution is -0.153. The van der Waals surface area contributed by atoms with Crippen molar-refractivity contribution < 1.29 is 42.0 Å². The molecule has 1 amide bonds. The zero-order chi connectivity index (χ0) is 25.5. The lowest BCUT2D eigenvalue weighted by Crippen LogP contribution is -2.50. The van der Waals surface area contributed by atoms with E-state index in [9.17, 15) is 23.1 Å². The molecule has 8 nitrogen and oxygen atoms in total. The SMILES string of the molecule is O=C(Cc1ccc(OCC(F)(F)F)cc1)N[C@H](CN1CCOCC1)[C@H](O)c1ccc2c(c1)OCCO2. The molecule has 2 heterocycles. The van der Waals surface area contributed by atoms with Crippen LogP contribution in [0.1, 0.15) is 17.2 Å². The molecule has 36 heavy (non-hydrogen) atoms. The van der Waals surface area contributed by atoms with Crippen molar-refractivity contribution in [3.8, 4) is 17.2 Å². The molecule has 0 bridgehead atoms. The van der Waals surface area contributed by atoms with E-state index in [0.717, 1.165) is 0 Å². The van der Waals surface area contributed by atoms with Crippen LogP contribution in [0.4, 0.5) is 13.2 Å². The van der Waals surface area contributed by atoms with Gasteiger partial charge in [0.15, 0.2) is 18.1 Å². The zero-order valence-corrected chi connectivity index (χ0v) is 19.6. The molecule has 2 N–H and O–H groups in total. The fourth-order valence-electron chi connectivity index (χ4n) is 4.07. The minimum atomic E-state index is -4.42. The van der Waals surface area contributed by atoms with E-state index < -0.39 is 24.9 Å². The monoisotopic (exact) mass is 510 g/mol. The predicted octanol–water partition coefficient (Wildman–Crippen LogP) is 2.49. The maximum absolute atomic E-state index is 12.9. The van der Waals surface area contributed by atoms with Crippen LogP contribution in [0.25, 0.3) is 0 Å². The van der Waals surface area contributed by atoms with E-state index in [4.69, 9.17) is 18.9 Å². The van der Waals surface area contributed by atoms with Gasteiger partial charge in [0.05, 0.1) is 25.7 Å². The van der Waals surface area contributed by atoms with Crippen LogP contribution in [0.2, 0.25) is 0 Å². The fourth-order valence-corrected chi connectivity index (χ4v) is 4.07. The first-order valence-electron chi connectivity index (χ1n) is 11.7. The van der Waals surface area contributed by atoms with Gasteiger partial charge in [0.1, 0.15) is 25.1 Å². The van der Waals surface area contributed by atoms with Gasteiger partial charge >= 0.3 is 6.18 Å². The molecule has 1 saturated heterocycles. The lowest BCUT2D eigenvalue weighted by Gasteiger charge is -2.33. The quantitative estimate of drug-likeness (QED) is 0.536. The largest absolute Gasteiger partial charge is 0.486 e. The Morgan fingerprint density at radius 3 is 2.42 bits per heavy atom. The Balaban J connectivity index is 1.41. The highest BCUT2D eigenvalue weighted by Crippen LogP contribution is 2.33. The van der Waals surface area contributed by atoms with Gasteiger partial charge in [-0.25, -0.2) is 0 Å². The van der Waals surface area contributed by atoms with E-state index in [2.05, 4.69) is 10.2 Å². The molecule has 2 atom stereocenters. The number of aliphatic hydroxyl groups is 1. The van der Waals surface area contributed by atoms with Gasteiger partial charge in [0.25, 0.3) is 0 Å². The van der Waals surface area contributed by atoms with E-state index in [1.165, 1.54) is 12.1 Å². The van der Waals surface area contributed by atoms with Crippen molar-refractivity contribution in [2.45, 2.75) is 24.7 Å². The van der Waals surface area contributed by atoms with Crippen LogP contribution < -0.4 is 19.5 Å². The zero-order valence-electron chi connectivity index (χ0n) is 19.6. The van der Waals surface area contributed by atoms with E-state index in [1.807, 2.05) is 0 Å². The topological polar surface area (TPSA) is 89.5 Å². The second-order valence-electron chi connectivity index (χ2n) is 8.66. The number of alkyl halides is 3. The summed E-state index contributed by atoms with van der Waals surface area (Å²) in [4.78, 5) is 15.0. The number of fused-ring (bicyclic) bond motifs is 1. The Kier molecular flexibility index (Phi) is 8.55. The van der Waals surface area contributed by atoms with Crippen LogP contribution in [-0.2, 0) is 16.0 Å². The molecule has 196 valence electrons. The molecule has 2 aliphatic rings. The lowest BCUT2D eigenvalue weighted by atomic mass is 10.00. The van der Waals surface area contributed by atoms with Crippen molar-refractivity contribution in [1.82, 2.24) is 10.2 Å². The number of rotatable bonds is 9. The number of nitrogens with zero attached hydrogens (tertiary/aromatic N) is 1. The highest BCUT2D eigenvalue weighted by Gasteiger charge is 2.29. The third-order valence-electron chi connectivity index (χ3n) is 5.88. The van der Waals surface area contributed by atoms with Crippen molar-refractivity contribution in [2.75, 3.05) is 52.7 Å². The number of morpholine rings is 1. The summed E-state index contributed by atoms with van der Waals surface area (Å²) in [6.45, 7) is 2.41. The first-order chi connectivity index (χ1) is 17.3. The standard InChI is InChI=1S/C25H29F3N2O6/c26-25(27,28)16-36-19-4-1-17(2-5-19)13-23(31)29-20(15-30-7-9-33-10-8-30)24(32)18-3-6-21-22(14-18)35-12-11-34-21/h1-6,14,20,24,32H,7-13,15-16H2,(H,29,31)/t20-,24-/m1/s1. The van der Waals surface area contributed by atoms with E-state index >= 15 is 0 Å². The molecule has 2 aliphatic heterocycles. The highest BCUT2D eigenvalue weighted by molar-refractivity contribution is 5.79. The maximum Gasteiger partial charge on any atom is 0.422 e. The average Bonchev–Trinajstić information content (AvgIpc) is 2.87. The minimum absolute atomic E-state index is 0.00692. The Morgan fingerprint density at radius 1 is 1.03 bits per heavy atom. The van der Waals surface area contributed by atoms with Crippen LogP contribution in [0.3, 0.4) is 0 Å². The van der Waals surface area contributed by atoms with E-state index in [-0.39, 0.29) is 18.1 Å². The molecular weight excluding hydrogens is 481 g/mol. The minimum Gasteiger partial charge on any atom is -0.486 e. The summed E-state index contributed by atoms with van der Waals surface area (Å²) in [6.07, 6.45) is -5.44. The predicted molar refractivity (Wildman–Crippen MR) is 123 cm³/mol. The molecule has 0 aliphatic carbocycles. The van der Waals surface area contributed by atoms with Crippen LogP contribution in [0.5, 0.6) is 17.2 Å². The maximum atomic E-state index is 12.9. The molecule has 0 spiro atoms. The van der Waals surface area contributed by atoms with Gasteiger partial charge < -0.3 is 29.4 Å². The van der Waals surface area contributed by atoms with Crippen molar-refractivity contribution in [2.24, 2.45) is 0 Å². The fraction of sp³-hybridized carbons (Fsp3) is 0.480. The Bertz CT molecular complexity index is 1010. The second kappa shape index (κ2) is 11.8. The van der Waals surface area contributed by atoms with Gasteiger partial charge in [-0.1, -0.05) is 18.2 Å². The van der Waals surface area contributed by atoms with Crippen molar-refractivity contribution in [3.05, 3.63) is 53.6 Å². The number of carbonyl (C=O) groups excluding carboxylic acids is 1. The number of aliphatic hydroxyl groups excluding tert-OH is 1. The number of hydrogen-bond donors (Lipinski definition) is 2. The highest BCUT2D eigenvalue weighted by atomic mass is 19.4. The molecular formula is C25H29F3N2O6. The van der Waals surface area contributed by atoms with E-state index in [0.29, 0.717) is 68.7 Å². The van der Waals surface area contributed by atoms with Crippen molar-refractivity contribution in [1.29, 1.82) is 0 Å². The Labute approximate surface area is 206 Å². The smallest absolute Gasteiger partial charge is 0.422 e. The van der Waals surface area contributed by atoms with Gasteiger partial charge in [-0.3, -0.25) is 9.69 Å². The normalized spacial score (nSPS) is 17.8. The number of hydrogen-bond acceptors (Lipinski definition) is 7. The van der Waals surface area contributed by atoms with Crippen LogP contribution in [0, 0.1) is 0 Å². The number of nitrogens with one attached hydrogen (secondary N) is 1. The summed E-state index contributed by atoms with van der Waals surface area (Å²) in [6, 6.07) is 10.5. The number of halogens is 3. The molecule has 11 heteroatoms. The van der Waals surface area contributed by atoms with Gasteiger partial charge in [-0.15, -0.1) is 0 Å². The summed E-state index contributed by atoms with van der Waals surface area (Å²) < 4.78 is 58.3. The summed E-state index contributed by atoms with van der Waals surface area (Å²) >= 11 is 0. The van der Waals surface area contributed by atoms with Crippen molar-refractivity contribution in [3.63, 3.8) is 0 Å². The summed E-state index contributed by atoms with van der Waals surface area (Å²) in [5, 5.41) is 14.1. The molecule has 2 aromatic carbocycles. The van der Waals surface area contributed by atoms with Crippen LogP contribution in [0.15, 0.2) is 42.5 Å². The third kappa shape index (κ3) is 7.49. The van der Waals surface area contributed by atoms with Gasteiger partial charge in [0, 0.05) is 19.6 Å². The number of benzene rings is 2. The van der Waals surface area contributed by atoms with Gasteiger partial charge in [-0.05, 0) is 35.4 Å². The molecule has 1 fully saturated rings. The molecule has 2 aromatic rings. The van der Waals surface area contributed by atoms with Crippen LogP contribution in [-0.4, -0.2) is 80.8 Å². The average molecular weight is 511 g/mol. The number of ether oxygens (including phenoxy) is 4. The molecule has 0 radical (unpaired) electrons. The number of amides is 1. The first kappa shape index (κ1) is 26.1. The first-order valence-corrected chi connectivity index (χ1v) is 11.7. The molecule has 0 unspecified atom stereocenters. The molecule has 0 aromatic heterocycles. The Hall–Kier alpha value is -3.02. The van der Waals surface area contributed by atoms with Crippen LogP contribution >= 0.6 is 0 Å². The molecule has 4 rings (SSSR count). The van der Waals surface area contributed by atoms with Crippen molar-refractivity contribution >= 4 is 5.91 Å². The molecule has 0 saturated carbocycles. The summed E-state index contributed by atoms with van der Waals surface area (Å²) in [5.41, 5.74) is 1.19. The third-order valence-corrected chi connectivity index (χ3v) is 5.88. The number of carbonyl (C=O) groups is 1.